The van der Waals surface area contributed by atoms with Crippen LogP contribution in [0.25, 0.3) is 0 Å². The topological polar surface area (TPSA) is 89.4 Å². The lowest BCUT2D eigenvalue weighted by Crippen LogP contribution is -2.37. The van der Waals surface area contributed by atoms with Gasteiger partial charge in [-0.25, -0.2) is 0 Å². The van der Waals surface area contributed by atoms with Crippen molar-refractivity contribution in [1.29, 1.82) is 0 Å². The van der Waals surface area contributed by atoms with E-state index in [1.807, 2.05) is 6.92 Å². The molecule has 1 unspecified atom stereocenters. The summed E-state index contributed by atoms with van der Waals surface area (Å²) in [6.07, 6.45) is 0.590. The zero-order chi connectivity index (χ0) is 10.4. The summed E-state index contributed by atoms with van der Waals surface area (Å²) in [7, 11) is 1.71. The van der Waals surface area contributed by atoms with Crippen LogP contribution in [0, 0.1) is 0 Å². The Kier molecular flexibility index (Phi) is 8.48. The van der Waals surface area contributed by atoms with Crippen molar-refractivity contribution in [3.8, 4) is 0 Å². The zero-order valence-electron chi connectivity index (χ0n) is 8.53. The summed E-state index contributed by atoms with van der Waals surface area (Å²) in [6, 6.07) is -0.714. The molecule has 0 saturated heterocycles. The average Bonchev–Trinajstić information content (AvgIpc) is 2.11. The van der Waals surface area contributed by atoms with E-state index in [1.165, 1.54) is 0 Å². The molecule has 1 atom stereocenters. The van der Waals surface area contributed by atoms with Gasteiger partial charge in [-0.15, -0.1) is 12.4 Å². The minimum atomic E-state index is -0.714. The molecule has 5 nitrogen and oxygen atoms in total. The van der Waals surface area contributed by atoms with Gasteiger partial charge in [0.1, 0.15) is 0 Å². The van der Waals surface area contributed by atoms with Crippen LogP contribution in [0.5, 0.6) is 0 Å². The number of nitrogens with zero attached hydrogens (tertiary/aromatic N) is 1. The Bertz CT molecular complexity index is 199. The van der Waals surface area contributed by atoms with E-state index in [0.29, 0.717) is 13.0 Å². The van der Waals surface area contributed by atoms with E-state index in [4.69, 9.17) is 11.5 Å². The molecule has 0 fully saturated rings. The summed E-state index contributed by atoms with van der Waals surface area (Å²) >= 11 is 0. The van der Waals surface area contributed by atoms with Crippen LogP contribution in [0.3, 0.4) is 0 Å². The van der Waals surface area contributed by atoms with Crippen LogP contribution < -0.4 is 11.5 Å². The standard InChI is InChI=1S/C8H17N3O2.ClH/c1-3-11(2)7(12)5-4-6(9)8(10)13;/h6H,3-5,9H2,1-2H3,(H2,10,13);1H. The quantitative estimate of drug-likeness (QED) is 0.657. The molecule has 0 radical (unpaired) electrons. The first-order chi connectivity index (χ1) is 5.99. The van der Waals surface area contributed by atoms with Gasteiger partial charge in [-0.05, 0) is 13.3 Å². The molecule has 84 valence electrons. The largest absolute Gasteiger partial charge is 0.368 e. The Hall–Kier alpha value is -0.810. The molecule has 0 aliphatic carbocycles. The fourth-order valence-corrected chi connectivity index (χ4v) is 0.788. The Balaban J connectivity index is 0. The molecule has 14 heavy (non-hydrogen) atoms. The highest BCUT2D eigenvalue weighted by molar-refractivity contribution is 5.85. The Morgan fingerprint density at radius 1 is 1.43 bits per heavy atom. The number of hydrogen-bond donors (Lipinski definition) is 2. The molecular formula is C8H18ClN3O2. The van der Waals surface area contributed by atoms with Gasteiger partial charge in [0.25, 0.3) is 0 Å². The highest BCUT2D eigenvalue weighted by atomic mass is 35.5. The van der Waals surface area contributed by atoms with Crippen molar-refractivity contribution in [3.05, 3.63) is 0 Å². The molecule has 0 spiro atoms. The molecule has 0 aromatic rings. The lowest BCUT2D eigenvalue weighted by atomic mass is 10.1. The maximum atomic E-state index is 11.2. The summed E-state index contributed by atoms with van der Waals surface area (Å²) in [4.78, 5) is 23.3. The number of primary amides is 1. The van der Waals surface area contributed by atoms with E-state index in [-0.39, 0.29) is 24.7 Å². The maximum Gasteiger partial charge on any atom is 0.234 e. The molecule has 0 aliphatic heterocycles. The van der Waals surface area contributed by atoms with Gasteiger partial charge in [0, 0.05) is 20.0 Å². The second-order valence-corrected chi connectivity index (χ2v) is 2.96. The van der Waals surface area contributed by atoms with Crippen LogP contribution in [0.15, 0.2) is 0 Å². The minimum Gasteiger partial charge on any atom is -0.368 e. The van der Waals surface area contributed by atoms with Gasteiger partial charge in [0.2, 0.25) is 11.8 Å². The number of amides is 2. The number of nitrogens with two attached hydrogens (primary N) is 2. The average molecular weight is 224 g/mol. The fraction of sp³-hybridized carbons (Fsp3) is 0.750. The van der Waals surface area contributed by atoms with Crippen molar-refractivity contribution in [1.82, 2.24) is 4.90 Å². The van der Waals surface area contributed by atoms with E-state index in [2.05, 4.69) is 0 Å². The number of halogens is 1. The van der Waals surface area contributed by atoms with Crippen molar-refractivity contribution >= 4 is 24.2 Å². The lowest BCUT2D eigenvalue weighted by molar-refractivity contribution is -0.130. The fourth-order valence-electron chi connectivity index (χ4n) is 0.788. The molecule has 6 heteroatoms. The monoisotopic (exact) mass is 223 g/mol. The van der Waals surface area contributed by atoms with Gasteiger partial charge in [-0.1, -0.05) is 0 Å². The van der Waals surface area contributed by atoms with E-state index >= 15 is 0 Å². The van der Waals surface area contributed by atoms with Gasteiger partial charge >= 0.3 is 0 Å². The highest BCUT2D eigenvalue weighted by Crippen LogP contribution is 1.98. The Morgan fingerprint density at radius 3 is 2.29 bits per heavy atom. The molecule has 0 heterocycles. The molecular weight excluding hydrogens is 206 g/mol. The summed E-state index contributed by atoms with van der Waals surface area (Å²) < 4.78 is 0. The van der Waals surface area contributed by atoms with Crippen LogP contribution in [0.2, 0.25) is 0 Å². The SMILES string of the molecule is CCN(C)C(=O)CCC(N)C(N)=O.Cl. The molecule has 0 rings (SSSR count). The molecule has 2 amide bonds. The first-order valence-electron chi connectivity index (χ1n) is 4.27. The van der Waals surface area contributed by atoms with Gasteiger partial charge in [-0.3, -0.25) is 9.59 Å². The summed E-state index contributed by atoms with van der Waals surface area (Å²) in [5, 5.41) is 0. The van der Waals surface area contributed by atoms with E-state index in [0.717, 1.165) is 0 Å². The van der Waals surface area contributed by atoms with Crippen molar-refractivity contribution in [2.45, 2.75) is 25.8 Å². The zero-order valence-corrected chi connectivity index (χ0v) is 9.34. The first kappa shape index (κ1) is 15.7. The molecule has 4 N–H and O–H groups in total. The predicted molar refractivity (Wildman–Crippen MR) is 57.0 cm³/mol. The summed E-state index contributed by atoms with van der Waals surface area (Å²) in [6.45, 7) is 2.54. The minimum absolute atomic E-state index is 0. The van der Waals surface area contributed by atoms with Crippen LogP contribution in [0.4, 0.5) is 0 Å². The highest BCUT2D eigenvalue weighted by Gasteiger charge is 2.13. The number of carbonyl (C=O) groups is 2. The maximum absolute atomic E-state index is 11.2. The second-order valence-electron chi connectivity index (χ2n) is 2.96. The van der Waals surface area contributed by atoms with Crippen molar-refractivity contribution in [3.63, 3.8) is 0 Å². The van der Waals surface area contributed by atoms with Crippen molar-refractivity contribution < 1.29 is 9.59 Å². The van der Waals surface area contributed by atoms with E-state index < -0.39 is 11.9 Å². The van der Waals surface area contributed by atoms with Crippen LogP contribution >= 0.6 is 12.4 Å². The molecule has 0 aromatic carbocycles. The smallest absolute Gasteiger partial charge is 0.234 e. The van der Waals surface area contributed by atoms with Gasteiger partial charge in [0.05, 0.1) is 6.04 Å². The van der Waals surface area contributed by atoms with Crippen LogP contribution in [-0.2, 0) is 9.59 Å². The molecule has 0 aliphatic rings. The summed E-state index contributed by atoms with van der Waals surface area (Å²) in [5.41, 5.74) is 10.3. The van der Waals surface area contributed by atoms with Crippen LogP contribution in [-0.4, -0.2) is 36.3 Å². The number of hydrogen-bond acceptors (Lipinski definition) is 3. The lowest BCUT2D eigenvalue weighted by Gasteiger charge is -2.15. The number of rotatable bonds is 5. The van der Waals surface area contributed by atoms with Gasteiger partial charge in [0.15, 0.2) is 0 Å². The predicted octanol–water partition coefficient (Wildman–Crippen LogP) is -0.521. The summed E-state index contributed by atoms with van der Waals surface area (Å²) in [5.74, 6) is -0.578. The van der Waals surface area contributed by atoms with Crippen LogP contribution in [0.1, 0.15) is 19.8 Å². The Morgan fingerprint density at radius 2 is 1.93 bits per heavy atom. The Labute approximate surface area is 90.2 Å². The number of carbonyl (C=O) groups excluding carboxylic acids is 2. The third-order valence-electron chi connectivity index (χ3n) is 1.93. The third kappa shape index (κ3) is 5.77. The van der Waals surface area contributed by atoms with Crippen molar-refractivity contribution in [2.24, 2.45) is 11.5 Å². The molecule has 0 aromatic heterocycles. The van der Waals surface area contributed by atoms with E-state index in [9.17, 15) is 9.59 Å². The van der Waals surface area contributed by atoms with E-state index in [1.54, 1.807) is 11.9 Å². The third-order valence-corrected chi connectivity index (χ3v) is 1.93. The van der Waals surface area contributed by atoms with Crippen molar-refractivity contribution in [2.75, 3.05) is 13.6 Å². The first-order valence-corrected chi connectivity index (χ1v) is 4.27. The molecule has 0 bridgehead atoms. The van der Waals surface area contributed by atoms with Gasteiger partial charge in [-0.2, -0.15) is 0 Å². The van der Waals surface area contributed by atoms with Gasteiger partial charge < -0.3 is 16.4 Å². The molecule has 0 saturated carbocycles. The second kappa shape index (κ2) is 7.58. The normalized spacial score (nSPS) is 11.4.